The number of likely N-dealkylation sites (tertiary alicyclic amines) is 1. The fourth-order valence-electron chi connectivity index (χ4n) is 5.30. The molecule has 0 bridgehead atoms. The van der Waals surface area contributed by atoms with E-state index in [0.29, 0.717) is 51.1 Å². The van der Waals surface area contributed by atoms with Crippen LogP contribution >= 0.6 is 0 Å². The Morgan fingerprint density at radius 3 is 2.44 bits per heavy atom. The number of nitriles is 1. The highest BCUT2D eigenvalue weighted by Crippen LogP contribution is 2.46. The molecule has 5 nitrogen and oxygen atoms in total. The second kappa shape index (κ2) is 9.30. The first-order chi connectivity index (χ1) is 16.1. The molecule has 2 fully saturated rings. The maximum atomic E-state index is 13.4. The Balaban J connectivity index is 1.46. The summed E-state index contributed by atoms with van der Waals surface area (Å²) >= 11 is 0. The SMILES string of the molecule is Cc1ccc(CC(=O)N2CCC3(CC2)CN(c2ccc(C#N)c(C(F)(F)F)c2)CC3CO)cc1. The van der Waals surface area contributed by atoms with E-state index in [0.717, 1.165) is 17.2 Å². The number of alkyl halides is 3. The van der Waals surface area contributed by atoms with Crippen molar-refractivity contribution >= 4 is 11.6 Å². The van der Waals surface area contributed by atoms with Crippen LogP contribution in [0.3, 0.4) is 0 Å². The van der Waals surface area contributed by atoms with Gasteiger partial charge in [-0.25, -0.2) is 0 Å². The molecule has 2 aromatic rings. The predicted molar refractivity (Wildman–Crippen MR) is 122 cm³/mol. The fraction of sp³-hybridized carbons (Fsp3) is 0.462. The largest absolute Gasteiger partial charge is 0.417 e. The number of amides is 1. The summed E-state index contributed by atoms with van der Waals surface area (Å²) in [7, 11) is 0. The van der Waals surface area contributed by atoms with Crippen LogP contribution in [0.1, 0.15) is 35.1 Å². The molecule has 2 aliphatic rings. The number of rotatable bonds is 4. The summed E-state index contributed by atoms with van der Waals surface area (Å²) in [5, 5.41) is 19.1. The summed E-state index contributed by atoms with van der Waals surface area (Å²) in [4.78, 5) is 16.5. The van der Waals surface area contributed by atoms with Gasteiger partial charge in [-0.2, -0.15) is 18.4 Å². The first kappa shape index (κ1) is 24.1. The van der Waals surface area contributed by atoms with Gasteiger partial charge < -0.3 is 14.9 Å². The van der Waals surface area contributed by atoms with Crippen molar-refractivity contribution in [1.82, 2.24) is 4.90 Å². The highest BCUT2D eigenvalue weighted by atomic mass is 19.4. The molecule has 34 heavy (non-hydrogen) atoms. The molecule has 1 N–H and O–H groups in total. The summed E-state index contributed by atoms with van der Waals surface area (Å²) in [6, 6.07) is 13.3. The van der Waals surface area contributed by atoms with Crippen LogP contribution in [0.25, 0.3) is 0 Å². The zero-order valence-electron chi connectivity index (χ0n) is 19.1. The Labute approximate surface area is 197 Å². The summed E-state index contributed by atoms with van der Waals surface area (Å²) in [5.41, 5.74) is 0.912. The predicted octanol–water partition coefficient (Wildman–Crippen LogP) is 4.17. The molecule has 1 amide bonds. The Bertz CT molecular complexity index is 1080. The van der Waals surface area contributed by atoms with Crippen LogP contribution in [-0.4, -0.2) is 48.7 Å². The molecule has 2 aromatic carbocycles. The van der Waals surface area contributed by atoms with Gasteiger partial charge in [0.05, 0.1) is 23.6 Å². The van der Waals surface area contributed by atoms with Gasteiger partial charge in [-0.15, -0.1) is 0 Å². The molecule has 2 saturated heterocycles. The lowest BCUT2D eigenvalue weighted by Crippen LogP contribution is -2.47. The summed E-state index contributed by atoms with van der Waals surface area (Å²) in [6.45, 7) is 4.03. The lowest BCUT2D eigenvalue weighted by molar-refractivity contribution is -0.137. The van der Waals surface area contributed by atoms with E-state index in [4.69, 9.17) is 5.26 Å². The van der Waals surface area contributed by atoms with Crippen LogP contribution in [0.15, 0.2) is 42.5 Å². The highest BCUT2D eigenvalue weighted by Gasteiger charge is 2.48. The van der Waals surface area contributed by atoms with Gasteiger partial charge in [0.25, 0.3) is 0 Å². The minimum Gasteiger partial charge on any atom is -0.396 e. The average Bonchev–Trinajstić information content (AvgIpc) is 3.17. The first-order valence-corrected chi connectivity index (χ1v) is 11.5. The number of aliphatic hydroxyl groups excluding tert-OH is 1. The van der Waals surface area contributed by atoms with Crippen LogP contribution in [0, 0.1) is 29.6 Å². The Morgan fingerprint density at radius 2 is 1.85 bits per heavy atom. The Morgan fingerprint density at radius 1 is 1.18 bits per heavy atom. The van der Waals surface area contributed by atoms with Crippen molar-refractivity contribution in [3.8, 4) is 6.07 Å². The van der Waals surface area contributed by atoms with E-state index in [9.17, 15) is 23.1 Å². The van der Waals surface area contributed by atoms with Gasteiger partial charge in [-0.1, -0.05) is 29.8 Å². The van der Waals surface area contributed by atoms with Gasteiger partial charge in [0.1, 0.15) is 0 Å². The number of piperidine rings is 1. The van der Waals surface area contributed by atoms with Gasteiger partial charge in [-0.05, 0) is 48.9 Å². The zero-order chi connectivity index (χ0) is 24.5. The third kappa shape index (κ3) is 4.76. The number of benzene rings is 2. The normalized spacial score (nSPS) is 19.9. The van der Waals surface area contributed by atoms with Gasteiger partial charge in [0, 0.05) is 44.4 Å². The number of aliphatic hydroxyl groups is 1. The van der Waals surface area contributed by atoms with Gasteiger partial charge in [0.2, 0.25) is 5.91 Å². The molecule has 0 aliphatic carbocycles. The van der Waals surface area contributed by atoms with Gasteiger partial charge >= 0.3 is 6.18 Å². The van der Waals surface area contributed by atoms with Crippen molar-refractivity contribution in [1.29, 1.82) is 5.26 Å². The lowest BCUT2D eigenvalue weighted by atomic mass is 9.71. The first-order valence-electron chi connectivity index (χ1n) is 11.5. The van der Waals surface area contributed by atoms with Crippen LogP contribution in [0.5, 0.6) is 0 Å². The molecule has 4 rings (SSSR count). The average molecular weight is 472 g/mol. The molecule has 2 heterocycles. The third-order valence-electron chi connectivity index (χ3n) is 7.41. The van der Waals surface area contributed by atoms with Crippen molar-refractivity contribution < 1.29 is 23.1 Å². The van der Waals surface area contributed by atoms with Crippen molar-refractivity contribution in [3.63, 3.8) is 0 Å². The summed E-state index contributed by atoms with van der Waals surface area (Å²) < 4.78 is 40.3. The van der Waals surface area contributed by atoms with E-state index in [1.165, 1.54) is 6.07 Å². The van der Waals surface area contributed by atoms with Crippen molar-refractivity contribution in [2.75, 3.05) is 37.7 Å². The van der Waals surface area contributed by atoms with Crippen molar-refractivity contribution in [2.45, 2.75) is 32.4 Å². The Hall–Kier alpha value is -3.05. The van der Waals surface area contributed by atoms with Crippen LogP contribution in [0.2, 0.25) is 0 Å². The van der Waals surface area contributed by atoms with E-state index in [-0.39, 0.29) is 23.8 Å². The number of carbonyl (C=O) groups is 1. The molecule has 0 aromatic heterocycles. The molecular formula is C26H28F3N3O2. The van der Waals surface area contributed by atoms with Gasteiger partial charge in [-0.3, -0.25) is 4.79 Å². The van der Waals surface area contributed by atoms with Gasteiger partial charge in [0.15, 0.2) is 0 Å². The smallest absolute Gasteiger partial charge is 0.396 e. The lowest BCUT2D eigenvalue weighted by Gasteiger charge is -2.42. The maximum Gasteiger partial charge on any atom is 0.417 e. The molecule has 0 saturated carbocycles. The number of hydrogen-bond acceptors (Lipinski definition) is 4. The fourth-order valence-corrected chi connectivity index (χ4v) is 5.30. The van der Waals surface area contributed by atoms with E-state index in [1.807, 2.05) is 41.0 Å². The van der Waals surface area contributed by atoms with E-state index >= 15 is 0 Å². The standard InChI is InChI=1S/C26H28F3N3O2/c1-18-2-4-19(5-3-18)12-24(34)31-10-8-25(9-11-31)17-32(15-21(25)16-33)22-7-6-20(14-30)23(13-22)26(27,28)29/h2-7,13,21,33H,8-12,15-17H2,1H3. The number of anilines is 1. The number of halogens is 3. The Kier molecular flexibility index (Phi) is 6.59. The quantitative estimate of drug-likeness (QED) is 0.727. The minimum absolute atomic E-state index is 0.0593. The third-order valence-corrected chi connectivity index (χ3v) is 7.41. The van der Waals surface area contributed by atoms with E-state index in [2.05, 4.69) is 0 Å². The molecule has 1 unspecified atom stereocenters. The van der Waals surface area contributed by atoms with Crippen LogP contribution in [-0.2, 0) is 17.4 Å². The molecular weight excluding hydrogens is 443 g/mol. The minimum atomic E-state index is -4.61. The summed E-state index contributed by atoms with van der Waals surface area (Å²) in [6.07, 6.45) is -2.89. The topological polar surface area (TPSA) is 67.6 Å². The molecule has 180 valence electrons. The van der Waals surface area contributed by atoms with E-state index in [1.54, 1.807) is 12.1 Å². The van der Waals surface area contributed by atoms with Crippen molar-refractivity contribution in [3.05, 3.63) is 64.7 Å². The molecule has 0 radical (unpaired) electrons. The second-order valence-corrected chi connectivity index (χ2v) is 9.51. The number of aryl methyl sites for hydroxylation is 1. The highest BCUT2D eigenvalue weighted by molar-refractivity contribution is 5.79. The molecule has 1 atom stereocenters. The van der Waals surface area contributed by atoms with E-state index < -0.39 is 17.3 Å². The number of carbonyl (C=O) groups excluding carboxylic acids is 1. The second-order valence-electron chi connectivity index (χ2n) is 9.51. The molecule has 1 spiro atoms. The summed E-state index contributed by atoms with van der Waals surface area (Å²) in [5.74, 6) is -0.0251. The van der Waals surface area contributed by atoms with Crippen LogP contribution in [0.4, 0.5) is 18.9 Å². The zero-order valence-corrected chi connectivity index (χ0v) is 19.1. The van der Waals surface area contributed by atoms with Crippen molar-refractivity contribution in [2.24, 2.45) is 11.3 Å². The molecule has 2 aliphatic heterocycles. The molecule has 8 heteroatoms. The number of hydrogen-bond donors (Lipinski definition) is 1. The van der Waals surface area contributed by atoms with Crippen LogP contribution < -0.4 is 4.90 Å². The maximum absolute atomic E-state index is 13.4. The number of nitrogens with zero attached hydrogens (tertiary/aromatic N) is 3. The monoisotopic (exact) mass is 471 g/mol.